The molecule has 0 aliphatic rings. The van der Waals surface area contributed by atoms with Crippen LogP contribution in [0.25, 0.3) is 0 Å². The molecule has 0 aromatic carbocycles. The van der Waals surface area contributed by atoms with E-state index in [4.69, 9.17) is 37.0 Å². The molecular weight excluding hydrogens is 1290 g/mol. The monoisotopic (exact) mass is 1450 g/mol. The molecule has 0 aliphatic heterocycles. The zero-order valence-corrected chi connectivity index (χ0v) is 66.8. The number of hydrogen-bond acceptors (Lipinski definition) is 15. The van der Waals surface area contributed by atoms with Gasteiger partial charge in [-0.05, 0) is 43.4 Å². The highest BCUT2D eigenvalue weighted by Gasteiger charge is 2.30. The highest BCUT2D eigenvalue weighted by Crippen LogP contribution is 2.45. The number of carbonyl (C=O) groups excluding carboxylic acids is 4. The van der Waals surface area contributed by atoms with Crippen molar-refractivity contribution in [3.63, 3.8) is 0 Å². The standard InChI is InChI=1S/C80H156O17P2/c1-8-10-11-12-13-14-15-16-20-25-35-42-49-56-63-79(84)97-76(68-91-78(83)62-55-48-41-34-29-28-31-38-45-52-59-72(5)6)70-95-99(88,89)93-66-74(81)65-92-98(86,87)94-69-75(67-90-77(82)61-54-47-40-33-27-22-23-30-37-44-51-58-71(3)4)96-80(85)64-57-50-43-36-26-21-18-17-19-24-32-39-46-53-60-73(7)9-2/h71-76,81H,8-70H2,1-7H3,(H,86,87)(H,88,89)/t73?,74-,75-,76-/m1/s1. The maximum absolute atomic E-state index is 13.1. The van der Waals surface area contributed by atoms with Crippen LogP contribution >= 0.6 is 15.6 Å². The number of aliphatic hydroxyl groups is 1. The number of hydrogen-bond donors (Lipinski definition) is 3. The van der Waals surface area contributed by atoms with Crippen LogP contribution < -0.4 is 0 Å². The predicted molar refractivity (Wildman–Crippen MR) is 405 cm³/mol. The van der Waals surface area contributed by atoms with E-state index in [0.717, 1.165) is 108 Å². The average molecular weight is 1450 g/mol. The van der Waals surface area contributed by atoms with Crippen molar-refractivity contribution in [2.75, 3.05) is 39.6 Å². The zero-order valence-electron chi connectivity index (χ0n) is 65.0. The Morgan fingerprint density at radius 1 is 0.293 bits per heavy atom. The fourth-order valence-corrected chi connectivity index (χ4v) is 13.9. The number of ether oxygens (including phenoxy) is 4. The van der Waals surface area contributed by atoms with Crippen LogP contribution in [-0.4, -0.2) is 96.7 Å². The van der Waals surface area contributed by atoms with Gasteiger partial charge >= 0.3 is 39.5 Å². The normalized spacial score (nSPS) is 14.3. The first-order valence-corrected chi connectivity index (χ1v) is 44.4. The number of rotatable bonds is 78. The Labute approximate surface area is 607 Å². The number of phosphoric acid groups is 2. The van der Waals surface area contributed by atoms with Gasteiger partial charge in [-0.1, -0.05) is 363 Å². The van der Waals surface area contributed by atoms with Gasteiger partial charge in [0.15, 0.2) is 12.2 Å². The Morgan fingerprint density at radius 3 is 0.768 bits per heavy atom. The van der Waals surface area contributed by atoms with E-state index >= 15 is 0 Å². The van der Waals surface area contributed by atoms with Crippen LogP contribution in [0.5, 0.6) is 0 Å². The summed E-state index contributed by atoms with van der Waals surface area (Å²) in [4.78, 5) is 73.0. The van der Waals surface area contributed by atoms with Gasteiger partial charge < -0.3 is 33.8 Å². The van der Waals surface area contributed by atoms with E-state index in [1.807, 2.05) is 0 Å². The van der Waals surface area contributed by atoms with Gasteiger partial charge in [-0.2, -0.15) is 0 Å². The van der Waals surface area contributed by atoms with Crippen molar-refractivity contribution in [3.8, 4) is 0 Å². The van der Waals surface area contributed by atoms with Gasteiger partial charge in [0.25, 0.3) is 0 Å². The van der Waals surface area contributed by atoms with E-state index in [1.54, 1.807) is 0 Å². The van der Waals surface area contributed by atoms with Gasteiger partial charge in [-0.15, -0.1) is 0 Å². The third-order valence-electron chi connectivity index (χ3n) is 19.0. The minimum atomic E-state index is -4.96. The van der Waals surface area contributed by atoms with Crippen LogP contribution in [0.4, 0.5) is 0 Å². The molecule has 0 saturated heterocycles. The van der Waals surface area contributed by atoms with Crippen LogP contribution in [0.15, 0.2) is 0 Å². The number of phosphoric ester groups is 2. The lowest BCUT2D eigenvalue weighted by molar-refractivity contribution is -0.161. The van der Waals surface area contributed by atoms with Crippen LogP contribution in [0.2, 0.25) is 0 Å². The van der Waals surface area contributed by atoms with Crippen molar-refractivity contribution in [2.24, 2.45) is 17.8 Å². The van der Waals surface area contributed by atoms with E-state index < -0.39 is 97.5 Å². The minimum Gasteiger partial charge on any atom is -0.462 e. The molecule has 0 aromatic rings. The Hall–Kier alpha value is -1.94. The maximum atomic E-state index is 13.1. The minimum absolute atomic E-state index is 0.107. The molecule has 6 atom stereocenters. The Balaban J connectivity index is 5.27. The van der Waals surface area contributed by atoms with Crippen molar-refractivity contribution >= 4 is 39.5 Å². The number of unbranched alkanes of at least 4 members (excludes halogenated alkanes) is 45. The van der Waals surface area contributed by atoms with Crippen molar-refractivity contribution in [2.45, 2.75) is 433 Å². The zero-order chi connectivity index (χ0) is 73.0. The van der Waals surface area contributed by atoms with Gasteiger partial charge in [0.2, 0.25) is 0 Å². The Bertz CT molecular complexity index is 1920. The SMILES string of the molecule is CCCCCCCCCCCCCCCCC(=O)O[C@H](COC(=O)CCCCCCCCCCCCC(C)C)COP(=O)(O)OC[C@H](O)COP(=O)(O)OC[C@@H](COC(=O)CCCCCCCCCCCCCC(C)C)OC(=O)CCCCCCCCCCCCCCCCC(C)CC. The van der Waals surface area contributed by atoms with Gasteiger partial charge in [0, 0.05) is 25.7 Å². The molecule has 0 amide bonds. The molecule has 3 unspecified atom stereocenters. The summed E-state index contributed by atoms with van der Waals surface area (Å²) in [6.45, 7) is 12.0. The molecule has 0 saturated carbocycles. The molecule has 0 spiro atoms. The van der Waals surface area contributed by atoms with Crippen molar-refractivity contribution in [3.05, 3.63) is 0 Å². The fourth-order valence-electron chi connectivity index (χ4n) is 12.3. The average Bonchev–Trinajstić information content (AvgIpc) is 1.25. The van der Waals surface area contributed by atoms with Crippen LogP contribution in [-0.2, 0) is 65.4 Å². The first-order valence-electron chi connectivity index (χ1n) is 41.4. The molecule has 0 bridgehead atoms. The summed E-state index contributed by atoms with van der Waals surface area (Å²) in [5.41, 5.74) is 0. The summed E-state index contributed by atoms with van der Waals surface area (Å²) in [6, 6.07) is 0. The van der Waals surface area contributed by atoms with E-state index in [2.05, 4.69) is 48.5 Å². The Morgan fingerprint density at radius 2 is 0.515 bits per heavy atom. The molecule has 3 N–H and O–H groups in total. The number of esters is 4. The van der Waals surface area contributed by atoms with E-state index in [1.165, 1.54) is 225 Å². The molecule has 588 valence electrons. The molecule has 0 rings (SSSR count). The quantitative estimate of drug-likeness (QED) is 0.0222. The molecule has 19 heteroatoms. The highest BCUT2D eigenvalue weighted by atomic mass is 31.2. The summed E-state index contributed by atoms with van der Waals surface area (Å²) in [5.74, 6) is 0.266. The van der Waals surface area contributed by atoms with E-state index in [0.29, 0.717) is 25.7 Å². The van der Waals surface area contributed by atoms with Gasteiger partial charge in [0.1, 0.15) is 19.3 Å². The van der Waals surface area contributed by atoms with E-state index in [9.17, 15) is 43.2 Å². The Kier molecular flexibility index (Phi) is 69.0. The third kappa shape index (κ3) is 72.8. The van der Waals surface area contributed by atoms with Gasteiger partial charge in [0.05, 0.1) is 26.4 Å². The van der Waals surface area contributed by atoms with E-state index in [-0.39, 0.29) is 25.7 Å². The lowest BCUT2D eigenvalue weighted by Gasteiger charge is -2.21. The predicted octanol–water partition coefficient (Wildman–Crippen LogP) is 23.7. The first kappa shape index (κ1) is 97.1. The summed E-state index contributed by atoms with van der Waals surface area (Å²) in [6.07, 6.45) is 58.0. The molecule has 0 aromatic heterocycles. The molecular formula is C80H156O17P2. The third-order valence-corrected chi connectivity index (χ3v) is 20.9. The molecule has 0 radical (unpaired) electrons. The smallest absolute Gasteiger partial charge is 0.462 e. The van der Waals surface area contributed by atoms with Crippen molar-refractivity contribution in [1.82, 2.24) is 0 Å². The van der Waals surface area contributed by atoms with Gasteiger partial charge in [-0.25, -0.2) is 9.13 Å². The molecule has 0 aliphatic carbocycles. The molecule has 17 nitrogen and oxygen atoms in total. The number of carbonyl (C=O) groups is 4. The molecule has 0 heterocycles. The van der Waals surface area contributed by atoms with Gasteiger partial charge in [-0.3, -0.25) is 37.3 Å². The first-order chi connectivity index (χ1) is 47.8. The number of aliphatic hydroxyl groups excluding tert-OH is 1. The van der Waals surface area contributed by atoms with Crippen molar-refractivity contribution < 1.29 is 80.2 Å². The highest BCUT2D eigenvalue weighted by molar-refractivity contribution is 7.47. The fraction of sp³-hybridized carbons (Fsp3) is 0.950. The second-order valence-corrected chi connectivity index (χ2v) is 32.9. The van der Waals surface area contributed by atoms with Crippen LogP contribution in [0.3, 0.4) is 0 Å². The summed E-state index contributed by atoms with van der Waals surface area (Å²) >= 11 is 0. The second kappa shape index (κ2) is 70.4. The summed E-state index contributed by atoms with van der Waals surface area (Å²) in [7, 11) is -9.92. The molecule has 99 heavy (non-hydrogen) atoms. The second-order valence-electron chi connectivity index (χ2n) is 30.0. The summed E-state index contributed by atoms with van der Waals surface area (Å²) < 4.78 is 68.7. The lowest BCUT2D eigenvalue weighted by atomic mass is 9.99. The van der Waals surface area contributed by atoms with Crippen molar-refractivity contribution in [1.29, 1.82) is 0 Å². The largest absolute Gasteiger partial charge is 0.472 e. The lowest BCUT2D eigenvalue weighted by Crippen LogP contribution is -2.30. The topological polar surface area (TPSA) is 237 Å². The summed E-state index contributed by atoms with van der Waals surface area (Å²) in [5, 5.41) is 10.6. The van der Waals surface area contributed by atoms with Crippen LogP contribution in [0.1, 0.15) is 414 Å². The van der Waals surface area contributed by atoms with Crippen LogP contribution in [0, 0.1) is 17.8 Å². The molecule has 0 fully saturated rings. The maximum Gasteiger partial charge on any atom is 0.472 e.